The molecule has 2 aromatic rings. The molecule has 0 aliphatic carbocycles. The van der Waals surface area contributed by atoms with Crippen LogP contribution in [0.5, 0.6) is 5.75 Å². The van der Waals surface area contributed by atoms with Crippen LogP contribution in [0.1, 0.15) is 11.6 Å². The number of carbonyl (C=O) groups is 1. The minimum Gasteiger partial charge on any atom is -0.497 e. The van der Waals surface area contributed by atoms with Crippen molar-refractivity contribution in [2.24, 2.45) is 0 Å². The summed E-state index contributed by atoms with van der Waals surface area (Å²) in [5, 5.41) is 6.51. The number of ether oxygens (including phenoxy) is 2. The predicted molar refractivity (Wildman–Crippen MR) is 121 cm³/mol. The molecule has 0 saturated carbocycles. The van der Waals surface area contributed by atoms with Gasteiger partial charge in [0, 0.05) is 24.7 Å². The highest BCUT2D eigenvalue weighted by Gasteiger charge is 2.18. The second kappa shape index (κ2) is 10.5. The number of urea groups is 1. The summed E-state index contributed by atoms with van der Waals surface area (Å²) in [4.78, 5) is 16.9. The van der Waals surface area contributed by atoms with Gasteiger partial charge in [0.05, 0.1) is 37.7 Å². The lowest BCUT2D eigenvalue weighted by Gasteiger charge is -2.30. The second-order valence-electron chi connectivity index (χ2n) is 7.35. The monoisotopic (exact) mass is 432 g/mol. The van der Waals surface area contributed by atoms with Crippen LogP contribution in [0.2, 0.25) is 5.02 Å². The number of amides is 2. The minimum atomic E-state index is -0.271. The van der Waals surface area contributed by atoms with Gasteiger partial charge in [0.2, 0.25) is 0 Å². The van der Waals surface area contributed by atoms with Crippen molar-refractivity contribution in [2.45, 2.75) is 6.04 Å². The van der Waals surface area contributed by atoms with Gasteiger partial charge in [0.1, 0.15) is 5.75 Å². The predicted octanol–water partition coefficient (Wildman–Crippen LogP) is 3.61. The van der Waals surface area contributed by atoms with Crippen molar-refractivity contribution in [1.82, 2.24) is 10.2 Å². The van der Waals surface area contributed by atoms with E-state index in [9.17, 15) is 4.79 Å². The maximum Gasteiger partial charge on any atom is 0.319 e. The number of rotatable bonds is 7. The van der Waals surface area contributed by atoms with E-state index < -0.39 is 0 Å². The standard InChI is InChI=1S/C22H29ClN4O3/c1-26(2)21(16-4-7-18(29-3)8-5-16)15-24-22(28)25-19-14-17(23)6-9-20(19)27-10-12-30-13-11-27/h4-9,14,21H,10-13,15H2,1-3H3,(H2,24,25,28). The molecule has 1 saturated heterocycles. The minimum absolute atomic E-state index is 0.0275. The largest absolute Gasteiger partial charge is 0.497 e. The highest BCUT2D eigenvalue weighted by molar-refractivity contribution is 6.31. The number of nitrogens with zero attached hydrogens (tertiary/aromatic N) is 2. The van der Waals surface area contributed by atoms with Gasteiger partial charge in [-0.1, -0.05) is 23.7 Å². The van der Waals surface area contributed by atoms with Crippen molar-refractivity contribution in [3.63, 3.8) is 0 Å². The van der Waals surface area contributed by atoms with Crippen LogP contribution < -0.4 is 20.3 Å². The first-order valence-corrected chi connectivity index (χ1v) is 10.3. The van der Waals surface area contributed by atoms with Crippen molar-refractivity contribution in [3.8, 4) is 5.75 Å². The van der Waals surface area contributed by atoms with Gasteiger partial charge in [-0.05, 0) is 50.0 Å². The number of benzene rings is 2. The van der Waals surface area contributed by atoms with Crippen LogP contribution in [0.4, 0.5) is 16.2 Å². The van der Waals surface area contributed by atoms with E-state index in [0.717, 1.165) is 30.1 Å². The van der Waals surface area contributed by atoms with Gasteiger partial charge in [-0.15, -0.1) is 0 Å². The molecule has 2 amide bonds. The van der Waals surface area contributed by atoms with E-state index in [4.69, 9.17) is 21.1 Å². The molecule has 2 N–H and O–H groups in total. The summed E-state index contributed by atoms with van der Waals surface area (Å²) >= 11 is 6.18. The number of halogens is 1. The van der Waals surface area contributed by atoms with E-state index in [2.05, 4.69) is 20.4 Å². The first-order valence-electron chi connectivity index (χ1n) is 9.95. The quantitative estimate of drug-likeness (QED) is 0.699. The summed E-state index contributed by atoms with van der Waals surface area (Å²) in [6.45, 7) is 3.34. The number of carbonyl (C=O) groups excluding carboxylic acids is 1. The first-order chi connectivity index (χ1) is 14.5. The first kappa shape index (κ1) is 22.2. The Kier molecular flexibility index (Phi) is 7.79. The van der Waals surface area contributed by atoms with Crippen LogP contribution >= 0.6 is 11.6 Å². The van der Waals surface area contributed by atoms with Gasteiger partial charge >= 0.3 is 6.03 Å². The normalized spacial score (nSPS) is 15.0. The number of morpholine rings is 1. The van der Waals surface area contributed by atoms with E-state index in [1.165, 1.54) is 0 Å². The summed E-state index contributed by atoms with van der Waals surface area (Å²) in [6, 6.07) is 13.2. The molecule has 2 aromatic carbocycles. The smallest absolute Gasteiger partial charge is 0.319 e. The second-order valence-corrected chi connectivity index (χ2v) is 7.78. The average molecular weight is 433 g/mol. The SMILES string of the molecule is COc1ccc(C(CNC(=O)Nc2cc(Cl)ccc2N2CCOCC2)N(C)C)cc1. The molecular weight excluding hydrogens is 404 g/mol. The summed E-state index contributed by atoms with van der Waals surface area (Å²) < 4.78 is 10.7. The van der Waals surface area contributed by atoms with Crippen LogP contribution in [-0.4, -0.2) is 65.0 Å². The van der Waals surface area contributed by atoms with Crippen molar-refractivity contribution in [2.75, 3.05) is 64.3 Å². The summed E-state index contributed by atoms with van der Waals surface area (Å²) in [5.41, 5.74) is 2.72. The van der Waals surface area contributed by atoms with E-state index in [-0.39, 0.29) is 12.1 Å². The molecule has 3 rings (SSSR count). The molecule has 1 fully saturated rings. The summed E-state index contributed by atoms with van der Waals surface area (Å²) in [7, 11) is 5.62. The lowest BCUT2D eigenvalue weighted by molar-refractivity contribution is 0.123. The zero-order valence-electron chi connectivity index (χ0n) is 17.7. The fraction of sp³-hybridized carbons (Fsp3) is 0.409. The van der Waals surface area contributed by atoms with Crippen molar-refractivity contribution >= 4 is 29.0 Å². The maximum absolute atomic E-state index is 12.7. The van der Waals surface area contributed by atoms with E-state index in [1.807, 2.05) is 50.5 Å². The number of nitrogens with one attached hydrogen (secondary N) is 2. The van der Waals surface area contributed by atoms with Gasteiger partial charge < -0.3 is 29.9 Å². The highest BCUT2D eigenvalue weighted by Crippen LogP contribution is 2.30. The average Bonchev–Trinajstić information content (AvgIpc) is 2.75. The molecule has 1 atom stereocenters. The fourth-order valence-corrected chi connectivity index (χ4v) is 3.64. The Balaban J connectivity index is 1.66. The van der Waals surface area contributed by atoms with E-state index in [1.54, 1.807) is 13.2 Å². The lowest BCUT2D eigenvalue weighted by atomic mass is 10.1. The lowest BCUT2D eigenvalue weighted by Crippen LogP contribution is -2.38. The van der Waals surface area contributed by atoms with Crippen LogP contribution in [0.15, 0.2) is 42.5 Å². The summed E-state index contributed by atoms with van der Waals surface area (Å²) in [6.07, 6.45) is 0. The Labute approximate surface area is 182 Å². The summed E-state index contributed by atoms with van der Waals surface area (Å²) in [5.74, 6) is 0.804. The van der Waals surface area contributed by atoms with Crippen molar-refractivity contribution < 1.29 is 14.3 Å². The van der Waals surface area contributed by atoms with Crippen LogP contribution in [0.25, 0.3) is 0 Å². The van der Waals surface area contributed by atoms with Gasteiger partial charge in [0.15, 0.2) is 0 Å². The molecule has 7 nitrogen and oxygen atoms in total. The molecule has 1 aliphatic rings. The van der Waals surface area contributed by atoms with Gasteiger partial charge in [0.25, 0.3) is 0 Å². The third-order valence-electron chi connectivity index (χ3n) is 5.14. The molecule has 8 heteroatoms. The van der Waals surface area contributed by atoms with Crippen LogP contribution in [0, 0.1) is 0 Å². The molecular formula is C22H29ClN4O3. The van der Waals surface area contributed by atoms with Gasteiger partial charge in [-0.3, -0.25) is 0 Å². The van der Waals surface area contributed by atoms with E-state index >= 15 is 0 Å². The van der Waals surface area contributed by atoms with E-state index in [0.29, 0.717) is 30.5 Å². The number of hydrogen-bond donors (Lipinski definition) is 2. The Hall–Kier alpha value is -2.48. The number of likely N-dealkylation sites (N-methyl/N-ethyl adjacent to an activating group) is 1. The topological polar surface area (TPSA) is 66.1 Å². The van der Waals surface area contributed by atoms with Crippen LogP contribution in [0.3, 0.4) is 0 Å². The molecule has 30 heavy (non-hydrogen) atoms. The zero-order valence-corrected chi connectivity index (χ0v) is 18.4. The van der Waals surface area contributed by atoms with Crippen LogP contribution in [-0.2, 0) is 4.74 Å². The number of anilines is 2. The Bertz CT molecular complexity index is 839. The highest BCUT2D eigenvalue weighted by atomic mass is 35.5. The zero-order chi connectivity index (χ0) is 21.5. The third kappa shape index (κ3) is 5.78. The number of hydrogen-bond acceptors (Lipinski definition) is 5. The van der Waals surface area contributed by atoms with Gasteiger partial charge in [-0.25, -0.2) is 4.79 Å². The fourth-order valence-electron chi connectivity index (χ4n) is 3.47. The van der Waals surface area contributed by atoms with Crippen molar-refractivity contribution in [1.29, 1.82) is 0 Å². The Morgan fingerprint density at radius 3 is 2.53 bits per heavy atom. The molecule has 0 aromatic heterocycles. The Morgan fingerprint density at radius 1 is 1.20 bits per heavy atom. The maximum atomic E-state index is 12.7. The van der Waals surface area contributed by atoms with Crippen molar-refractivity contribution in [3.05, 3.63) is 53.1 Å². The Morgan fingerprint density at radius 2 is 1.90 bits per heavy atom. The number of methoxy groups -OCH3 is 1. The molecule has 0 bridgehead atoms. The molecule has 0 radical (unpaired) electrons. The molecule has 1 unspecified atom stereocenters. The molecule has 162 valence electrons. The van der Waals surface area contributed by atoms with Gasteiger partial charge in [-0.2, -0.15) is 0 Å². The molecule has 0 spiro atoms. The molecule has 1 aliphatic heterocycles. The molecule has 1 heterocycles. The third-order valence-corrected chi connectivity index (χ3v) is 5.37.